The molecular formula is C36H47N3O6S2. The predicted octanol–water partition coefficient (Wildman–Crippen LogP) is 4.99. The van der Waals surface area contributed by atoms with Crippen LogP contribution in [0.2, 0.25) is 0 Å². The average Bonchev–Trinajstić information content (AvgIpc) is 3.53. The number of hydrogen-bond donors (Lipinski definition) is 3. The van der Waals surface area contributed by atoms with Crippen molar-refractivity contribution in [3.8, 4) is 11.5 Å². The van der Waals surface area contributed by atoms with Crippen molar-refractivity contribution < 1.29 is 28.9 Å². The van der Waals surface area contributed by atoms with E-state index in [1.165, 1.54) is 0 Å². The molecular weight excluding hydrogens is 635 g/mol. The molecule has 3 aromatic carbocycles. The predicted molar refractivity (Wildman–Crippen MR) is 190 cm³/mol. The molecule has 0 aromatic heterocycles. The van der Waals surface area contributed by atoms with Gasteiger partial charge in [0.1, 0.15) is 17.1 Å². The van der Waals surface area contributed by atoms with Gasteiger partial charge in [0.25, 0.3) is 0 Å². The van der Waals surface area contributed by atoms with Crippen LogP contribution in [0.15, 0.2) is 78.9 Å². The Hall–Kier alpha value is -3.22. The molecule has 254 valence electrons. The lowest BCUT2D eigenvalue weighted by atomic mass is 9.79. The summed E-state index contributed by atoms with van der Waals surface area (Å²) in [6.07, 6.45) is 2.05. The Balaban J connectivity index is 1.49. The maximum absolute atomic E-state index is 13.5. The van der Waals surface area contributed by atoms with Gasteiger partial charge in [0.2, 0.25) is 13.2 Å². The Kier molecular flexibility index (Phi) is 14.1. The Labute approximate surface area is 287 Å². The summed E-state index contributed by atoms with van der Waals surface area (Å²) in [5.74, 6) is 3.15. The van der Waals surface area contributed by atoms with E-state index in [1.54, 1.807) is 40.7 Å². The molecule has 3 aromatic rings. The van der Waals surface area contributed by atoms with E-state index in [9.17, 15) is 9.59 Å². The minimum absolute atomic E-state index is 0.00342. The van der Waals surface area contributed by atoms with Gasteiger partial charge in [0, 0.05) is 44.0 Å². The zero-order valence-electron chi connectivity index (χ0n) is 28.2. The fourth-order valence-electron chi connectivity index (χ4n) is 5.89. The number of likely N-dealkylation sites (tertiary alicyclic amines) is 1. The minimum Gasteiger partial charge on any atom is -0.497 e. The van der Waals surface area contributed by atoms with Crippen LogP contribution in [0.5, 0.6) is 11.5 Å². The summed E-state index contributed by atoms with van der Waals surface area (Å²) in [6.45, 7) is 1.70. The number of nitrogens with zero attached hydrogens (tertiary/aromatic N) is 1. The third kappa shape index (κ3) is 9.90. The molecule has 0 aliphatic carbocycles. The number of hydrogen-bond acceptors (Lipinski definition) is 9. The van der Waals surface area contributed by atoms with Crippen molar-refractivity contribution in [2.24, 2.45) is 5.73 Å². The number of unbranched alkanes of at least 4 members (excludes halogenated alkanes) is 1. The van der Waals surface area contributed by atoms with Gasteiger partial charge in [-0.3, -0.25) is 9.59 Å². The Morgan fingerprint density at radius 2 is 1.51 bits per heavy atom. The van der Waals surface area contributed by atoms with Gasteiger partial charge in [-0.1, -0.05) is 76.2 Å². The van der Waals surface area contributed by atoms with E-state index < -0.39 is 5.60 Å². The molecule has 4 N–H and O–H groups in total. The smallest absolute Gasteiger partial charge is 0.222 e. The van der Waals surface area contributed by atoms with Crippen LogP contribution in [0.3, 0.4) is 0 Å². The summed E-state index contributed by atoms with van der Waals surface area (Å²) < 4.78 is 25.6. The summed E-state index contributed by atoms with van der Waals surface area (Å²) in [7, 11) is 6.68. The van der Waals surface area contributed by atoms with E-state index in [0.29, 0.717) is 51.7 Å². The topological polar surface area (TPSA) is 123 Å². The summed E-state index contributed by atoms with van der Waals surface area (Å²) in [4.78, 5) is 27.6. The number of methoxy groups -OCH3 is 2. The van der Waals surface area contributed by atoms with Crippen molar-refractivity contribution in [1.29, 1.82) is 1.43 Å². The maximum atomic E-state index is 13.5. The molecule has 1 aliphatic heterocycles. The van der Waals surface area contributed by atoms with Crippen LogP contribution in [0, 0.1) is 0 Å². The first-order chi connectivity index (χ1) is 23.4. The van der Waals surface area contributed by atoms with Gasteiger partial charge in [-0.2, -0.15) is 0 Å². The number of benzene rings is 3. The fraction of sp³-hybridized carbons (Fsp3) is 0.444. The number of carbonyl (C=O) groups is 2. The van der Waals surface area contributed by atoms with Gasteiger partial charge in [-0.05, 0) is 60.2 Å². The number of rotatable bonds is 20. The van der Waals surface area contributed by atoms with E-state index >= 15 is 0 Å². The van der Waals surface area contributed by atoms with Gasteiger partial charge in [-0.15, -0.1) is 0 Å². The summed E-state index contributed by atoms with van der Waals surface area (Å²) >= 11 is 0. The molecule has 1 fully saturated rings. The van der Waals surface area contributed by atoms with E-state index in [0.717, 1.165) is 39.7 Å². The number of nitrogens with one attached hydrogen (secondary N) is 1. The second kappa shape index (κ2) is 18.9. The van der Waals surface area contributed by atoms with Crippen LogP contribution in [0.4, 0.5) is 0 Å². The third-order valence-electron chi connectivity index (χ3n) is 8.24. The largest absolute Gasteiger partial charge is 0.497 e. The number of carbonyl (C=O) groups excluding carboxylic acids is 2. The van der Waals surface area contributed by atoms with Gasteiger partial charge in [0.05, 0.1) is 33.0 Å². The second-order valence-electron chi connectivity index (χ2n) is 11.3. The molecule has 2 atom stereocenters. The Morgan fingerprint density at radius 3 is 2.11 bits per heavy atom. The van der Waals surface area contributed by atoms with E-state index in [4.69, 9.17) is 26.5 Å². The lowest BCUT2D eigenvalue weighted by Crippen LogP contribution is -2.39. The highest BCUT2D eigenvalue weighted by Gasteiger charge is 2.44. The summed E-state index contributed by atoms with van der Waals surface area (Å²) in [5.41, 5.74) is 7.22. The van der Waals surface area contributed by atoms with E-state index in [-0.39, 0.29) is 30.6 Å². The number of amides is 2. The van der Waals surface area contributed by atoms with Gasteiger partial charge < -0.3 is 35.3 Å². The van der Waals surface area contributed by atoms with Crippen molar-refractivity contribution in [2.75, 3.05) is 52.0 Å². The van der Waals surface area contributed by atoms with E-state index in [1.807, 2.05) is 78.9 Å². The van der Waals surface area contributed by atoms with Crippen molar-refractivity contribution in [2.45, 2.75) is 49.9 Å². The molecule has 0 bridgehead atoms. The van der Waals surface area contributed by atoms with Crippen LogP contribution in [-0.2, 0) is 19.9 Å². The molecule has 0 radical (unpaired) electrons. The quantitative estimate of drug-likeness (QED) is 0.0859. The summed E-state index contributed by atoms with van der Waals surface area (Å²) in [5, 5.41) is 7.77. The molecule has 0 saturated carbocycles. The monoisotopic (exact) mass is 683 g/mol. The first-order valence-electron chi connectivity index (χ1n) is 16.5. The highest BCUT2D eigenvalue weighted by Crippen LogP contribution is 2.44. The van der Waals surface area contributed by atoms with Crippen LogP contribution >= 0.6 is 21.6 Å². The van der Waals surface area contributed by atoms with Gasteiger partial charge in [0.15, 0.2) is 0 Å². The third-order valence-corrected chi connectivity index (χ3v) is 10.7. The van der Waals surface area contributed by atoms with Crippen LogP contribution in [0.25, 0.3) is 0 Å². The molecule has 0 spiro atoms. The number of nitrogens with two attached hydrogens (primary N) is 1. The number of ether oxygens (including phenoxy) is 3. The highest BCUT2D eigenvalue weighted by atomic mass is 33.1. The maximum Gasteiger partial charge on any atom is 0.222 e. The molecule has 11 heteroatoms. The van der Waals surface area contributed by atoms with Crippen LogP contribution in [0.1, 0.15) is 48.8 Å². The standard InChI is InChI=1S/C36H47N3O6S2/c1-43-31-16-12-28(13-17-31)36(27-8-4-3-5-9-27,29-14-18-32(44-2)19-15-29)45-33-24-30(26-40)39(25-33)35(42)11-7-6-10-34(41)38-21-23-47-46-22-20-37/h3-5,8-9,12-19,30,33,40H,6-7,10-11,20-26,37H2,1-2H3,(H,38,41)/t30-,33+/m0/s1/i40T. The molecule has 1 saturated heterocycles. The molecule has 4 rings (SSSR count). The van der Waals surface area contributed by atoms with Gasteiger partial charge in [-0.25, -0.2) is 0 Å². The molecule has 47 heavy (non-hydrogen) atoms. The second-order valence-corrected chi connectivity index (χ2v) is 14.0. The SMILES string of the molecule is [3H]OC[C@@H]1C[C@@H](OC(c2ccccc2)(c2ccc(OC)cc2)c2ccc(OC)cc2)CN1C(=O)CCCCC(=O)NCCSSCCN. The molecule has 1 aliphatic rings. The lowest BCUT2D eigenvalue weighted by molar-refractivity contribution is -0.133. The van der Waals surface area contributed by atoms with Crippen molar-refractivity contribution in [3.63, 3.8) is 0 Å². The fourth-order valence-corrected chi connectivity index (χ4v) is 7.66. The first kappa shape index (κ1) is 35.1. The molecule has 9 nitrogen and oxygen atoms in total. The Morgan fingerprint density at radius 1 is 0.915 bits per heavy atom. The first-order valence-corrected chi connectivity index (χ1v) is 18.5. The van der Waals surface area contributed by atoms with Crippen LogP contribution < -0.4 is 20.5 Å². The zero-order valence-corrected chi connectivity index (χ0v) is 28.9. The Bertz CT molecular complexity index is 1350. The normalized spacial score (nSPS) is 16.5. The number of aliphatic hydroxyl groups excluding tert-OH is 1. The summed E-state index contributed by atoms with van der Waals surface area (Å²) in [6, 6.07) is 25.5. The van der Waals surface area contributed by atoms with Crippen molar-refractivity contribution in [3.05, 3.63) is 95.6 Å². The molecule has 2 amide bonds. The van der Waals surface area contributed by atoms with Crippen molar-refractivity contribution in [1.82, 2.24) is 10.2 Å². The number of aliphatic hydroxyl groups is 1. The van der Waals surface area contributed by atoms with E-state index in [2.05, 4.69) is 5.32 Å². The highest BCUT2D eigenvalue weighted by molar-refractivity contribution is 8.76. The lowest BCUT2D eigenvalue weighted by Gasteiger charge is -2.38. The van der Waals surface area contributed by atoms with Crippen LogP contribution in [-0.4, -0.2) is 87.4 Å². The molecule has 1 heterocycles. The average molecular weight is 684 g/mol. The zero-order chi connectivity index (χ0) is 34.2. The van der Waals surface area contributed by atoms with Crippen molar-refractivity contribution >= 4 is 33.4 Å². The van der Waals surface area contributed by atoms with Gasteiger partial charge >= 0.3 is 0 Å². The minimum atomic E-state index is -1.02. The molecule has 0 unspecified atom stereocenters.